The van der Waals surface area contributed by atoms with E-state index in [-0.39, 0.29) is 30.0 Å². The fraction of sp³-hybridized carbons (Fsp3) is 0.286. The summed E-state index contributed by atoms with van der Waals surface area (Å²) in [5, 5.41) is 2.98. The lowest BCUT2D eigenvalue weighted by molar-refractivity contribution is -0.139. The molecule has 0 saturated heterocycles. The van der Waals surface area contributed by atoms with Gasteiger partial charge in [0.15, 0.2) is 0 Å². The molecule has 0 aliphatic rings. The molecule has 0 heterocycles. The third-order valence-electron chi connectivity index (χ3n) is 5.36. The fourth-order valence-corrected chi connectivity index (χ4v) is 4.34. The Balaban J connectivity index is 1.90. The molecule has 4 nitrogen and oxygen atoms in total. The molecule has 0 aliphatic carbocycles. The minimum atomic E-state index is -0.760. The maximum atomic E-state index is 14.6. The van der Waals surface area contributed by atoms with Gasteiger partial charge in [-0.1, -0.05) is 80.6 Å². The van der Waals surface area contributed by atoms with Crippen LogP contribution < -0.4 is 5.32 Å². The molecule has 0 spiro atoms. The summed E-state index contributed by atoms with van der Waals surface area (Å²) in [6.07, 6.45) is 0.348. The lowest BCUT2D eigenvalue weighted by Gasteiger charge is -2.32. The van der Waals surface area contributed by atoms with Gasteiger partial charge in [0.1, 0.15) is 11.9 Å². The van der Waals surface area contributed by atoms with Gasteiger partial charge in [-0.15, -0.1) is 11.8 Å². The topological polar surface area (TPSA) is 49.4 Å². The molecule has 0 bridgehead atoms. The van der Waals surface area contributed by atoms with E-state index in [0.29, 0.717) is 18.5 Å². The number of thioether (sulfide) groups is 1. The molecule has 6 heteroatoms. The van der Waals surface area contributed by atoms with E-state index in [9.17, 15) is 14.0 Å². The number of benzene rings is 3. The van der Waals surface area contributed by atoms with Gasteiger partial charge in [0, 0.05) is 30.0 Å². The van der Waals surface area contributed by atoms with Crippen molar-refractivity contribution in [2.75, 3.05) is 12.3 Å². The first-order valence-electron chi connectivity index (χ1n) is 11.5. The summed E-state index contributed by atoms with van der Waals surface area (Å²) in [6, 6.07) is 24.9. The monoisotopic (exact) mass is 478 g/mol. The van der Waals surface area contributed by atoms with Gasteiger partial charge in [-0.2, -0.15) is 0 Å². The average molecular weight is 479 g/mol. The van der Waals surface area contributed by atoms with Crippen LogP contribution in [0.2, 0.25) is 0 Å². The number of nitrogens with zero attached hydrogens (tertiary/aromatic N) is 1. The molecule has 0 radical (unpaired) electrons. The highest BCUT2D eigenvalue weighted by Crippen LogP contribution is 2.21. The zero-order valence-electron chi connectivity index (χ0n) is 19.6. The van der Waals surface area contributed by atoms with Gasteiger partial charge >= 0.3 is 0 Å². The van der Waals surface area contributed by atoms with E-state index in [1.807, 2.05) is 74.5 Å². The molecule has 0 aromatic heterocycles. The van der Waals surface area contributed by atoms with Crippen molar-refractivity contribution in [2.45, 2.75) is 37.8 Å². The van der Waals surface area contributed by atoms with Crippen molar-refractivity contribution in [3.63, 3.8) is 0 Å². The van der Waals surface area contributed by atoms with Crippen LogP contribution in [-0.2, 0) is 22.6 Å². The number of hydrogen-bond donors (Lipinski definition) is 1. The number of amides is 2. The molecule has 0 aliphatic heterocycles. The van der Waals surface area contributed by atoms with E-state index < -0.39 is 11.9 Å². The van der Waals surface area contributed by atoms with E-state index in [1.165, 1.54) is 22.7 Å². The van der Waals surface area contributed by atoms with Crippen molar-refractivity contribution in [2.24, 2.45) is 5.92 Å². The van der Waals surface area contributed by atoms with E-state index in [2.05, 4.69) is 5.32 Å². The predicted octanol–water partition coefficient (Wildman–Crippen LogP) is 5.33. The van der Waals surface area contributed by atoms with Crippen LogP contribution in [0.4, 0.5) is 4.39 Å². The van der Waals surface area contributed by atoms with Gasteiger partial charge in [-0.3, -0.25) is 9.59 Å². The Morgan fingerprint density at radius 3 is 2.18 bits per heavy atom. The van der Waals surface area contributed by atoms with Crippen molar-refractivity contribution in [1.29, 1.82) is 0 Å². The van der Waals surface area contributed by atoms with E-state index >= 15 is 0 Å². The summed E-state index contributed by atoms with van der Waals surface area (Å²) in [5.41, 5.74) is 1.32. The van der Waals surface area contributed by atoms with Crippen molar-refractivity contribution >= 4 is 23.6 Å². The van der Waals surface area contributed by atoms with Crippen LogP contribution in [0.5, 0.6) is 0 Å². The standard InChI is InChI=1S/C28H31FN2O2S/c1-21(2)18-30-28(33)26(17-22-11-5-3-6-12-22)31(19-23-13-9-10-16-25(23)29)27(32)20-34-24-14-7-4-8-15-24/h3-16,21,26H,17-20H2,1-2H3,(H,30,33). The zero-order chi connectivity index (χ0) is 24.3. The highest BCUT2D eigenvalue weighted by atomic mass is 32.2. The van der Waals surface area contributed by atoms with Crippen LogP contribution in [0.3, 0.4) is 0 Å². The number of halogens is 1. The highest BCUT2D eigenvalue weighted by Gasteiger charge is 2.31. The van der Waals surface area contributed by atoms with Gasteiger partial charge < -0.3 is 10.2 Å². The summed E-state index contributed by atoms with van der Waals surface area (Å²) in [5.74, 6) is -0.409. The second-order valence-corrected chi connectivity index (χ2v) is 9.61. The van der Waals surface area contributed by atoms with Crippen LogP contribution in [0.15, 0.2) is 89.8 Å². The zero-order valence-corrected chi connectivity index (χ0v) is 20.4. The number of rotatable bonds is 11. The van der Waals surface area contributed by atoms with E-state index in [0.717, 1.165) is 10.5 Å². The second-order valence-electron chi connectivity index (χ2n) is 8.56. The Kier molecular flexibility index (Phi) is 9.71. The molecular formula is C28H31FN2O2S. The summed E-state index contributed by atoms with van der Waals surface area (Å²) in [6.45, 7) is 4.56. The molecule has 0 saturated carbocycles. The molecule has 3 aromatic carbocycles. The van der Waals surface area contributed by atoms with Crippen LogP contribution >= 0.6 is 11.8 Å². The number of carbonyl (C=O) groups excluding carboxylic acids is 2. The van der Waals surface area contributed by atoms with Crippen LogP contribution in [-0.4, -0.2) is 35.1 Å². The minimum absolute atomic E-state index is 0.0213. The molecule has 0 fully saturated rings. The number of hydrogen-bond acceptors (Lipinski definition) is 3. The smallest absolute Gasteiger partial charge is 0.243 e. The third-order valence-corrected chi connectivity index (χ3v) is 6.36. The Labute approximate surface area is 205 Å². The minimum Gasteiger partial charge on any atom is -0.354 e. The molecule has 1 N–H and O–H groups in total. The maximum Gasteiger partial charge on any atom is 0.243 e. The van der Waals surface area contributed by atoms with Crippen LogP contribution in [0.1, 0.15) is 25.0 Å². The molecule has 1 atom stereocenters. The fourth-order valence-electron chi connectivity index (χ4n) is 3.53. The first-order chi connectivity index (χ1) is 16.4. The molecule has 1 unspecified atom stereocenters. The average Bonchev–Trinajstić information content (AvgIpc) is 2.85. The molecular weight excluding hydrogens is 447 g/mol. The second kappa shape index (κ2) is 12.9. The lowest BCUT2D eigenvalue weighted by Crippen LogP contribution is -2.51. The quantitative estimate of drug-likeness (QED) is 0.379. The molecule has 3 aromatic rings. The summed E-state index contributed by atoms with van der Waals surface area (Å²) in [4.78, 5) is 29.3. The predicted molar refractivity (Wildman–Crippen MR) is 136 cm³/mol. The first-order valence-corrected chi connectivity index (χ1v) is 12.4. The summed E-state index contributed by atoms with van der Waals surface area (Å²) >= 11 is 1.41. The van der Waals surface area contributed by atoms with Crippen molar-refractivity contribution in [3.8, 4) is 0 Å². The van der Waals surface area contributed by atoms with Crippen molar-refractivity contribution in [3.05, 3.63) is 102 Å². The van der Waals surface area contributed by atoms with Crippen LogP contribution in [0, 0.1) is 11.7 Å². The van der Waals surface area contributed by atoms with Crippen LogP contribution in [0.25, 0.3) is 0 Å². The van der Waals surface area contributed by atoms with Gasteiger partial charge in [0.25, 0.3) is 0 Å². The van der Waals surface area contributed by atoms with Gasteiger partial charge in [-0.05, 0) is 29.7 Å². The molecule has 3 rings (SSSR count). The van der Waals surface area contributed by atoms with Gasteiger partial charge in [0.2, 0.25) is 11.8 Å². The molecule has 34 heavy (non-hydrogen) atoms. The third kappa shape index (κ3) is 7.73. The Bertz CT molecular complexity index is 1060. The normalized spacial score (nSPS) is 11.8. The van der Waals surface area contributed by atoms with Crippen molar-refractivity contribution < 1.29 is 14.0 Å². The SMILES string of the molecule is CC(C)CNC(=O)C(Cc1ccccc1)N(Cc1ccccc1F)C(=O)CSc1ccccc1. The Morgan fingerprint density at radius 1 is 0.912 bits per heavy atom. The largest absolute Gasteiger partial charge is 0.354 e. The van der Waals surface area contributed by atoms with E-state index in [4.69, 9.17) is 0 Å². The highest BCUT2D eigenvalue weighted by molar-refractivity contribution is 8.00. The number of nitrogens with one attached hydrogen (secondary N) is 1. The molecule has 178 valence electrons. The first kappa shape index (κ1) is 25.5. The summed E-state index contributed by atoms with van der Waals surface area (Å²) in [7, 11) is 0. The lowest BCUT2D eigenvalue weighted by atomic mass is 10.0. The number of carbonyl (C=O) groups is 2. The van der Waals surface area contributed by atoms with Crippen molar-refractivity contribution in [1.82, 2.24) is 10.2 Å². The van der Waals surface area contributed by atoms with E-state index in [1.54, 1.807) is 18.2 Å². The summed E-state index contributed by atoms with van der Waals surface area (Å²) < 4.78 is 14.6. The molecule has 2 amide bonds. The Morgan fingerprint density at radius 2 is 1.53 bits per heavy atom. The van der Waals surface area contributed by atoms with Gasteiger partial charge in [-0.25, -0.2) is 4.39 Å². The maximum absolute atomic E-state index is 14.6. The van der Waals surface area contributed by atoms with Gasteiger partial charge in [0.05, 0.1) is 5.75 Å². The Hall–Kier alpha value is -3.12.